The number of para-hydroxylation sites is 1. The molecule has 26 heavy (non-hydrogen) atoms. The van der Waals surface area contributed by atoms with E-state index in [4.69, 9.17) is 9.47 Å². The Morgan fingerprint density at radius 3 is 2.50 bits per heavy atom. The summed E-state index contributed by atoms with van der Waals surface area (Å²) in [5.41, 5.74) is 0.661. The van der Waals surface area contributed by atoms with E-state index in [0.717, 1.165) is 32.6 Å². The lowest BCUT2D eigenvalue weighted by molar-refractivity contribution is -0.143. The summed E-state index contributed by atoms with van der Waals surface area (Å²) in [6.07, 6.45) is 6.21. The maximum Gasteiger partial charge on any atom is 0.325 e. The minimum Gasteiger partial charge on any atom is -0.493 e. The van der Waals surface area contributed by atoms with Crippen molar-refractivity contribution in [1.29, 1.82) is 0 Å². The lowest BCUT2D eigenvalue weighted by atomic mass is 10.0. The van der Waals surface area contributed by atoms with Crippen LogP contribution in [-0.2, 0) is 4.79 Å². The monoisotopic (exact) mass is 362 g/mol. The van der Waals surface area contributed by atoms with Gasteiger partial charge in [-0.1, -0.05) is 25.0 Å². The van der Waals surface area contributed by atoms with Gasteiger partial charge in [-0.3, -0.25) is 14.6 Å². The Bertz CT molecular complexity index is 616. The molecule has 0 spiro atoms. The van der Waals surface area contributed by atoms with Crippen molar-refractivity contribution in [2.75, 3.05) is 40.4 Å². The summed E-state index contributed by atoms with van der Waals surface area (Å²) in [5.74, 6) is 0.240. The SMILES string of the molecule is COc1cccc([C@H](C(=O)O)N2CCCN(C3CCCC3)CC2)c1OC. The molecule has 1 heterocycles. The quantitative estimate of drug-likeness (QED) is 0.840. The van der Waals surface area contributed by atoms with Gasteiger partial charge in [0.2, 0.25) is 0 Å². The Morgan fingerprint density at radius 1 is 1.08 bits per heavy atom. The third-order valence-electron chi connectivity index (χ3n) is 5.73. The Kier molecular flexibility index (Phi) is 6.38. The summed E-state index contributed by atoms with van der Waals surface area (Å²) in [4.78, 5) is 16.8. The van der Waals surface area contributed by atoms with E-state index < -0.39 is 12.0 Å². The maximum atomic E-state index is 12.2. The zero-order valence-electron chi connectivity index (χ0n) is 15.8. The molecular formula is C20H30N2O4. The van der Waals surface area contributed by atoms with Gasteiger partial charge in [-0.15, -0.1) is 0 Å². The molecule has 1 N–H and O–H groups in total. The lowest BCUT2D eigenvalue weighted by Crippen LogP contribution is -2.39. The van der Waals surface area contributed by atoms with Gasteiger partial charge in [0, 0.05) is 31.2 Å². The van der Waals surface area contributed by atoms with Gasteiger partial charge in [0.05, 0.1) is 14.2 Å². The number of aliphatic carboxylic acids is 1. The Morgan fingerprint density at radius 2 is 1.85 bits per heavy atom. The number of benzene rings is 1. The molecule has 0 aromatic heterocycles. The predicted molar refractivity (Wildman–Crippen MR) is 99.9 cm³/mol. The van der Waals surface area contributed by atoms with Crippen LogP contribution in [0.5, 0.6) is 11.5 Å². The van der Waals surface area contributed by atoms with Gasteiger partial charge in [0.1, 0.15) is 6.04 Å². The number of hydrogen-bond donors (Lipinski definition) is 1. The maximum absolute atomic E-state index is 12.2. The molecular weight excluding hydrogens is 332 g/mol. The predicted octanol–water partition coefficient (Wildman–Crippen LogP) is 2.78. The molecule has 0 amide bonds. The molecule has 2 aliphatic rings. The highest BCUT2D eigenvalue weighted by molar-refractivity contribution is 5.77. The number of carbonyl (C=O) groups is 1. The highest BCUT2D eigenvalue weighted by Crippen LogP contribution is 2.37. The average Bonchev–Trinajstić information content (AvgIpc) is 3.08. The van der Waals surface area contributed by atoms with Gasteiger partial charge in [-0.2, -0.15) is 0 Å². The zero-order chi connectivity index (χ0) is 18.5. The summed E-state index contributed by atoms with van der Waals surface area (Å²) in [5, 5.41) is 9.98. The Balaban J connectivity index is 1.81. The number of carboxylic acids is 1. The van der Waals surface area contributed by atoms with Crippen LogP contribution in [0.1, 0.15) is 43.7 Å². The molecule has 2 fully saturated rings. The number of methoxy groups -OCH3 is 2. The topological polar surface area (TPSA) is 62.2 Å². The first-order valence-electron chi connectivity index (χ1n) is 9.57. The van der Waals surface area contributed by atoms with Gasteiger partial charge in [0.25, 0.3) is 0 Å². The second-order valence-electron chi connectivity index (χ2n) is 7.19. The minimum atomic E-state index is -0.842. The van der Waals surface area contributed by atoms with Gasteiger partial charge < -0.3 is 14.6 Å². The molecule has 1 saturated carbocycles. The van der Waals surface area contributed by atoms with E-state index in [1.807, 2.05) is 12.1 Å². The second-order valence-corrected chi connectivity index (χ2v) is 7.19. The van der Waals surface area contributed by atoms with Crippen LogP contribution in [0.25, 0.3) is 0 Å². The largest absolute Gasteiger partial charge is 0.493 e. The normalized spacial score (nSPS) is 21.3. The fraction of sp³-hybridized carbons (Fsp3) is 0.650. The van der Waals surface area contributed by atoms with Crippen LogP contribution < -0.4 is 9.47 Å². The van der Waals surface area contributed by atoms with E-state index in [9.17, 15) is 9.90 Å². The summed E-state index contributed by atoms with van der Waals surface area (Å²) in [6.45, 7) is 3.53. The summed E-state index contributed by atoms with van der Waals surface area (Å²) < 4.78 is 10.9. The van der Waals surface area contributed by atoms with Crippen molar-refractivity contribution in [3.63, 3.8) is 0 Å². The van der Waals surface area contributed by atoms with Crippen LogP contribution in [0.15, 0.2) is 18.2 Å². The highest BCUT2D eigenvalue weighted by atomic mass is 16.5. The van der Waals surface area contributed by atoms with Crippen molar-refractivity contribution in [2.45, 2.75) is 44.2 Å². The molecule has 1 atom stereocenters. The van der Waals surface area contributed by atoms with Gasteiger partial charge >= 0.3 is 5.97 Å². The first kappa shape index (κ1) is 19.0. The fourth-order valence-electron chi connectivity index (χ4n) is 4.46. The summed E-state index contributed by atoms with van der Waals surface area (Å²) in [7, 11) is 3.13. The molecule has 1 aromatic carbocycles. The number of rotatable bonds is 6. The van der Waals surface area contributed by atoms with E-state index >= 15 is 0 Å². The van der Waals surface area contributed by atoms with Crippen molar-refractivity contribution in [1.82, 2.24) is 9.80 Å². The van der Waals surface area contributed by atoms with Crippen LogP contribution in [0.2, 0.25) is 0 Å². The average molecular weight is 362 g/mol. The van der Waals surface area contributed by atoms with E-state index in [1.165, 1.54) is 25.7 Å². The fourth-order valence-corrected chi connectivity index (χ4v) is 4.46. The molecule has 0 radical (unpaired) electrons. The van der Waals surface area contributed by atoms with E-state index in [0.29, 0.717) is 23.1 Å². The van der Waals surface area contributed by atoms with Gasteiger partial charge in [-0.05, 0) is 31.9 Å². The molecule has 3 rings (SSSR count). The number of ether oxygens (including phenoxy) is 2. The van der Waals surface area contributed by atoms with Crippen LogP contribution >= 0.6 is 0 Å². The van der Waals surface area contributed by atoms with Crippen LogP contribution in [0.3, 0.4) is 0 Å². The molecule has 1 saturated heterocycles. The van der Waals surface area contributed by atoms with Gasteiger partial charge in [0.15, 0.2) is 11.5 Å². The Hall–Kier alpha value is -1.79. The van der Waals surface area contributed by atoms with Crippen molar-refractivity contribution in [3.8, 4) is 11.5 Å². The first-order valence-corrected chi connectivity index (χ1v) is 9.57. The van der Waals surface area contributed by atoms with Crippen molar-refractivity contribution >= 4 is 5.97 Å². The van der Waals surface area contributed by atoms with Crippen molar-refractivity contribution < 1.29 is 19.4 Å². The Labute approximate surface area is 155 Å². The van der Waals surface area contributed by atoms with Crippen molar-refractivity contribution in [2.24, 2.45) is 0 Å². The van der Waals surface area contributed by atoms with Crippen LogP contribution in [-0.4, -0.2) is 67.3 Å². The number of nitrogens with zero attached hydrogens (tertiary/aromatic N) is 2. The third-order valence-corrected chi connectivity index (χ3v) is 5.73. The van der Waals surface area contributed by atoms with E-state index in [-0.39, 0.29) is 0 Å². The molecule has 1 aromatic rings. The molecule has 0 unspecified atom stereocenters. The van der Waals surface area contributed by atoms with Crippen LogP contribution in [0, 0.1) is 0 Å². The van der Waals surface area contributed by atoms with Crippen molar-refractivity contribution in [3.05, 3.63) is 23.8 Å². The van der Waals surface area contributed by atoms with Crippen LogP contribution in [0.4, 0.5) is 0 Å². The molecule has 6 nitrogen and oxygen atoms in total. The molecule has 1 aliphatic heterocycles. The number of carboxylic acid groups (broad SMARTS) is 1. The zero-order valence-corrected chi connectivity index (χ0v) is 15.8. The highest BCUT2D eigenvalue weighted by Gasteiger charge is 2.33. The second kappa shape index (κ2) is 8.73. The molecule has 6 heteroatoms. The molecule has 144 valence electrons. The minimum absolute atomic E-state index is 0.513. The lowest BCUT2D eigenvalue weighted by Gasteiger charge is -2.30. The summed E-state index contributed by atoms with van der Waals surface area (Å²) in [6, 6.07) is 5.42. The van der Waals surface area contributed by atoms with E-state index in [2.05, 4.69) is 9.80 Å². The van der Waals surface area contributed by atoms with E-state index in [1.54, 1.807) is 20.3 Å². The smallest absolute Gasteiger partial charge is 0.325 e. The standard InChI is InChI=1S/C20H30N2O4/c1-25-17-10-5-9-16(19(17)26-2)18(20(23)24)22-12-6-11-21(13-14-22)15-7-3-4-8-15/h5,9-10,15,18H,3-4,6-8,11-14H2,1-2H3,(H,23,24)/t18-/m1/s1. The molecule has 1 aliphatic carbocycles. The van der Waals surface area contributed by atoms with Gasteiger partial charge in [-0.25, -0.2) is 0 Å². The summed E-state index contributed by atoms with van der Waals surface area (Å²) >= 11 is 0. The first-order chi connectivity index (χ1) is 12.7. The molecule has 0 bridgehead atoms. The third kappa shape index (κ3) is 3.96. The number of hydrogen-bond acceptors (Lipinski definition) is 5.